The maximum absolute atomic E-state index is 12.6. The first-order chi connectivity index (χ1) is 12.9. The van der Waals surface area contributed by atoms with E-state index in [0.29, 0.717) is 11.3 Å². The monoisotopic (exact) mass is 377 g/mol. The van der Waals surface area contributed by atoms with Crippen LogP contribution in [0.4, 0.5) is 13.2 Å². The van der Waals surface area contributed by atoms with Gasteiger partial charge in [-0.2, -0.15) is 18.2 Å². The molecule has 27 heavy (non-hydrogen) atoms. The smallest absolute Gasteiger partial charge is 0.416 e. The lowest BCUT2D eigenvalue weighted by Crippen LogP contribution is -2.23. The number of aromatic nitrogens is 2. The summed E-state index contributed by atoms with van der Waals surface area (Å²) in [4.78, 5) is 16.0. The second kappa shape index (κ2) is 7.48. The van der Waals surface area contributed by atoms with Crippen molar-refractivity contribution in [2.45, 2.75) is 12.7 Å². The van der Waals surface area contributed by atoms with E-state index in [1.165, 1.54) is 12.1 Å². The molecule has 3 rings (SSSR count). The van der Waals surface area contributed by atoms with Gasteiger partial charge in [0.1, 0.15) is 5.75 Å². The van der Waals surface area contributed by atoms with Crippen molar-refractivity contribution in [2.75, 3.05) is 7.11 Å². The van der Waals surface area contributed by atoms with E-state index < -0.39 is 17.6 Å². The van der Waals surface area contributed by atoms with Crippen molar-refractivity contribution in [3.05, 3.63) is 65.5 Å². The Hall–Kier alpha value is -3.36. The number of amides is 1. The molecule has 1 aromatic heterocycles. The minimum Gasteiger partial charge on any atom is -0.497 e. The Morgan fingerprint density at radius 3 is 2.37 bits per heavy atom. The van der Waals surface area contributed by atoms with Gasteiger partial charge in [0.2, 0.25) is 5.82 Å². The van der Waals surface area contributed by atoms with Crippen molar-refractivity contribution in [2.24, 2.45) is 0 Å². The van der Waals surface area contributed by atoms with Crippen LogP contribution in [0, 0.1) is 0 Å². The van der Waals surface area contributed by atoms with Gasteiger partial charge in [-0.3, -0.25) is 4.79 Å². The van der Waals surface area contributed by atoms with Crippen LogP contribution in [0.3, 0.4) is 0 Å². The van der Waals surface area contributed by atoms with Gasteiger partial charge in [0, 0.05) is 12.1 Å². The fraction of sp³-hybridized carbons (Fsp3) is 0.167. The second-order valence-electron chi connectivity index (χ2n) is 5.53. The van der Waals surface area contributed by atoms with Crippen LogP contribution in [0.5, 0.6) is 5.75 Å². The lowest BCUT2D eigenvalue weighted by Gasteiger charge is -2.05. The third-order valence-electron chi connectivity index (χ3n) is 3.70. The molecule has 2 aromatic carbocycles. The second-order valence-corrected chi connectivity index (χ2v) is 5.53. The number of carbonyl (C=O) groups is 1. The fourth-order valence-corrected chi connectivity index (χ4v) is 2.24. The summed E-state index contributed by atoms with van der Waals surface area (Å²) in [5.74, 6) is -0.142. The first-order valence-electron chi connectivity index (χ1n) is 7.79. The highest BCUT2D eigenvalue weighted by Crippen LogP contribution is 2.30. The maximum Gasteiger partial charge on any atom is 0.416 e. The Balaban J connectivity index is 1.64. The lowest BCUT2D eigenvalue weighted by molar-refractivity contribution is -0.137. The van der Waals surface area contributed by atoms with Crippen molar-refractivity contribution >= 4 is 5.91 Å². The van der Waals surface area contributed by atoms with Crippen LogP contribution in [0.25, 0.3) is 11.4 Å². The van der Waals surface area contributed by atoms with Crippen LogP contribution >= 0.6 is 0 Å². The number of nitrogens with zero attached hydrogens (tertiary/aromatic N) is 2. The zero-order valence-electron chi connectivity index (χ0n) is 14.1. The van der Waals surface area contributed by atoms with E-state index in [4.69, 9.17) is 9.26 Å². The molecular weight excluding hydrogens is 363 g/mol. The van der Waals surface area contributed by atoms with E-state index in [-0.39, 0.29) is 18.3 Å². The summed E-state index contributed by atoms with van der Waals surface area (Å²) in [6.07, 6.45) is -4.43. The predicted molar refractivity (Wildman–Crippen MR) is 88.9 cm³/mol. The summed E-state index contributed by atoms with van der Waals surface area (Å²) < 4.78 is 47.7. The molecule has 0 fully saturated rings. The Morgan fingerprint density at radius 1 is 1.11 bits per heavy atom. The molecule has 3 aromatic rings. The third kappa shape index (κ3) is 4.43. The molecule has 6 nitrogen and oxygen atoms in total. The highest BCUT2D eigenvalue weighted by molar-refractivity contribution is 5.89. The number of halogens is 3. The molecule has 0 aliphatic heterocycles. The number of hydrogen-bond acceptors (Lipinski definition) is 5. The van der Waals surface area contributed by atoms with E-state index in [2.05, 4.69) is 15.5 Å². The van der Waals surface area contributed by atoms with Gasteiger partial charge in [-0.05, 0) is 29.8 Å². The van der Waals surface area contributed by atoms with E-state index in [1.54, 1.807) is 31.4 Å². The number of carbonyl (C=O) groups excluding carboxylic acids is 1. The number of hydrogen-bond donors (Lipinski definition) is 1. The zero-order valence-corrected chi connectivity index (χ0v) is 14.1. The average molecular weight is 377 g/mol. The van der Waals surface area contributed by atoms with Crippen LogP contribution in [-0.2, 0) is 12.7 Å². The molecule has 9 heteroatoms. The van der Waals surface area contributed by atoms with Gasteiger partial charge in [0.15, 0.2) is 0 Å². The number of rotatable bonds is 5. The molecule has 0 atom stereocenters. The fourth-order valence-electron chi connectivity index (χ4n) is 2.24. The lowest BCUT2D eigenvalue weighted by atomic mass is 10.1. The van der Waals surface area contributed by atoms with Gasteiger partial charge >= 0.3 is 18.0 Å². The largest absolute Gasteiger partial charge is 0.497 e. The summed E-state index contributed by atoms with van der Waals surface area (Å²) in [7, 11) is 1.56. The molecule has 0 saturated carbocycles. The van der Waals surface area contributed by atoms with Gasteiger partial charge < -0.3 is 14.6 Å². The molecule has 0 unspecified atom stereocenters. The number of alkyl halides is 3. The maximum atomic E-state index is 12.6. The van der Waals surface area contributed by atoms with Crippen molar-refractivity contribution in [3.8, 4) is 17.1 Å². The zero-order chi connectivity index (χ0) is 19.4. The normalized spacial score (nSPS) is 11.3. The van der Waals surface area contributed by atoms with Crippen molar-refractivity contribution in [1.82, 2.24) is 15.5 Å². The van der Waals surface area contributed by atoms with Crippen molar-refractivity contribution < 1.29 is 27.2 Å². The van der Waals surface area contributed by atoms with Gasteiger partial charge in [-0.15, -0.1) is 0 Å². The summed E-state index contributed by atoms with van der Waals surface area (Å²) in [5, 5.41) is 6.25. The molecule has 0 bridgehead atoms. The van der Waals surface area contributed by atoms with Crippen molar-refractivity contribution in [1.29, 1.82) is 0 Å². The average Bonchev–Trinajstić information content (AvgIpc) is 3.16. The molecule has 1 N–H and O–H groups in total. The molecule has 1 heterocycles. The molecule has 0 radical (unpaired) electrons. The van der Waals surface area contributed by atoms with Crippen LogP contribution in [0.2, 0.25) is 0 Å². The predicted octanol–water partition coefficient (Wildman–Crippen LogP) is 3.69. The Morgan fingerprint density at radius 2 is 1.78 bits per heavy atom. The van der Waals surface area contributed by atoms with E-state index in [1.807, 2.05) is 0 Å². The summed E-state index contributed by atoms with van der Waals surface area (Å²) in [6, 6.07) is 11.4. The first-order valence-corrected chi connectivity index (χ1v) is 7.79. The van der Waals surface area contributed by atoms with Crippen LogP contribution in [0.1, 0.15) is 21.8 Å². The summed E-state index contributed by atoms with van der Waals surface area (Å²) in [5.41, 5.74) is 0.361. The topological polar surface area (TPSA) is 77.2 Å². The third-order valence-corrected chi connectivity index (χ3v) is 3.70. The number of nitrogens with one attached hydrogen (secondary N) is 1. The SMILES string of the molecule is COc1ccc(CNC(=O)c2nc(-c3ccc(C(F)(F)F)cc3)no2)cc1. The van der Waals surface area contributed by atoms with E-state index >= 15 is 0 Å². The Kier molecular flexibility index (Phi) is 5.11. The van der Waals surface area contributed by atoms with Crippen LogP contribution < -0.4 is 10.1 Å². The van der Waals surface area contributed by atoms with Gasteiger partial charge in [-0.1, -0.05) is 29.4 Å². The number of methoxy groups -OCH3 is 1. The summed E-state index contributed by atoms with van der Waals surface area (Å²) in [6.45, 7) is 0.237. The highest BCUT2D eigenvalue weighted by Gasteiger charge is 2.30. The van der Waals surface area contributed by atoms with Crippen LogP contribution in [0.15, 0.2) is 53.1 Å². The Bertz CT molecular complexity index is 920. The molecule has 1 amide bonds. The molecular formula is C18H14F3N3O3. The molecule has 0 saturated heterocycles. The Labute approximate surface area is 152 Å². The molecule has 0 aliphatic rings. The highest BCUT2D eigenvalue weighted by atomic mass is 19.4. The molecule has 140 valence electrons. The van der Waals surface area contributed by atoms with Crippen LogP contribution in [-0.4, -0.2) is 23.2 Å². The van der Waals surface area contributed by atoms with Crippen molar-refractivity contribution in [3.63, 3.8) is 0 Å². The number of benzene rings is 2. The summed E-state index contributed by atoms with van der Waals surface area (Å²) >= 11 is 0. The van der Waals surface area contributed by atoms with Gasteiger partial charge in [0.05, 0.1) is 12.7 Å². The first kappa shape index (κ1) is 18.4. The minimum atomic E-state index is -4.43. The standard InChI is InChI=1S/C18H14F3N3O3/c1-26-14-8-2-11(3-9-14)10-22-16(25)17-23-15(24-27-17)12-4-6-13(7-5-12)18(19,20)21/h2-9H,10H2,1H3,(H,22,25). The quantitative estimate of drug-likeness (QED) is 0.734. The van der Waals surface area contributed by atoms with Gasteiger partial charge in [-0.25, -0.2) is 0 Å². The van der Waals surface area contributed by atoms with E-state index in [0.717, 1.165) is 17.7 Å². The number of ether oxygens (including phenoxy) is 1. The van der Waals surface area contributed by atoms with Gasteiger partial charge in [0.25, 0.3) is 0 Å². The molecule has 0 spiro atoms. The molecule has 0 aliphatic carbocycles. The minimum absolute atomic E-state index is 0.0262. The van der Waals surface area contributed by atoms with E-state index in [9.17, 15) is 18.0 Å².